The Morgan fingerprint density at radius 3 is 0.947 bits per heavy atom. The zero-order valence-corrected chi connectivity index (χ0v) is 59.8. The SMILES string of the molecule is CCO[Si](OCC)(OCC)C1CC2CCC1(SSSSC1CCCCCCCCCCC1(SSSSC13CCC(CC1[Si](OCC)(OCC)OCC)C3)SSSSC13CCC(CC1[Si](OCC)(OCC)OCC)C3)C2. The highest BCUT2D eigenvalue weighted by Gasteiger charge is 2.68. The Morgan fingerprint density at radius 2 is 0.627 bits per heavy atom. The summed E-state index contributed by atoms with van der Waals surface area (Å²) >= 11 is 0. The van der Waals surface area contributed by atoms with Gasteiger partial charge in [-0.3, -0.25) is 0 Å². The van der Waals surface area contributed by atoms with Gasteiger partial charge < -0.3 is 39.8 Å². The van der Waals surface area contributed by atoms with Crippen LogP contribution in [0.15, 0.2) is 0 Å². The van der Waals surface area contributed by atoms with Gasteiger partial charge in [-0.15, -0.1) is 0 Å². The van der Waals surface area contributed by atoms with Crippen molar-refractivity contribution in [3.63, 3.8) is 0 Å². The summed E-state index contributed by atoms with van der Waals surface area (Å²) in [5.41, 5.74) is 1.04. The van der Waals surface area contributed by atoms with E-state index < -0.39 is 26.4 Å². The summed E-state index contributed by atoms with van der Waals surface area (Å²) in [4.78, 5) is 0. The van der Waals surface area contributed by atoms with Crippen LogP contribution in [0.5, 0.6) is 0 Å². The van der Waals surface area contributed by atoms with Crippen LogP contribution in [0.2, 0.25) is 16.6 Å². The third-order valence-electron chi connectivity index (χ3n) is 17.3. The van der Waals surface area contributed by atoms with E-state index in [9.17, 15) is 0 Å². The predicted octanol–water partition coefficient (Wildman–Crippen LogP) is 20.1. The number of hydrogen-bond donors (Lipinski definition) is 0. The largest absolute Gasteiger partial charge is 0.505 e. The Morgan fingerprint density at radius 1 is 0.333 bits per heavy atom. The molecule has 0 saturated heterocycles. The Labute approximate surface area is 505 Å². The maximum Gasteiger partial charge on any atom is 0.505 e. The van der Waals surface area contributed by atoms with E-state index in [2.05, 4.69) is 186 Å². The maximum absolute atomic E-state index is 6.70. The average molecular weight is 1320 g/mol. The predicted molar refractivity (Wildman–Crippen MR) is 351 cm³/mol. The molecule has 0 spiro atoms. The summed E-state index contributed by atoms with van der Waals surface area (Å²) in [6.45, 7) is 24.9. The highest BCUT2D eigenvalue weighted by molar-refractivity contribution is 9.29. The molecule has 7 aliphatic rings. The van der Waals surface area contributed by atoms with Crippen LogP contribution >= 0.6 is 124 Å². The minimum Gasteiger partial charge on any atom is -0.374 e. The molecule has 0 aromatic rings. The average Bonchev–Trinajstić information content (AvgIpc) is 4.30. The Hall–Kier alpha value is 4.49. The monoisotopic (exact) mass is 1320 g/mol. The maximum atomic E-state index is 6.70. The summed E-state index contributed by atoms with van der Waals surface area (Å²) in [5, 5.41) is 0.488. The number of fused-ring (bicyclic) bond motifs is 6. The van der Waals surface area contributed by atoms with Crippen molar-refractivity contribution in [3.8, 4) is 0 Å². The van der Waals surface area contributed by atoms with Crippen LogP contribution in [0.4, 0.5) is 0 Å². The van der Waals surface area contributed by atoms with Gasteiger partial charge in [-0.25, -0.2) is 0 Å². The van der Waals surface area contributed by atoms with Gasteiger partial charge in [0.2, 0.25) is 0 Å². The van der Waals surface area contributed by atoms with E-state index in [0.29, 0.717) is 81.3 Å². The van der Waals surface area contributed by atoms with E-state index in [1.807, 2.05) is 0 Å². The minimum absolute atomic E-state index is 0.0169. The molecule has 438 valence electrons. The lowest BCUT2D eigenvalue weighted by Gasteiger charge is -2.43. The highest BCUT2D eigenvalue weighted by Crippen LogP contribution is 2.75. The standard InChI is InChI=1S/C51H96O9S12Si3/c1-10-52-73(53-11-2,54-12-3)45-35-41-28-32-48(45,38-41)62-68-67-61-44-27-25-23-21-19-20-22-24-26-31-51(44,65-71-69-63-49-33-29-42(39-49)36-46(49)74(55-13-4,56-14-5)57-15-6)66-72-70-64-50-34-30-43(40-50)37-47(50)75(58-16-7,59-17-8)60-18-9/h41-47H,10-40H2,1-9H3. The normalized spacial score (nSPS) is 34.4. The Balaban J connectivity index is 1.13. The molecule has 7 aliphatic carbocycles. The van der Waals surface area contributed by atoms with E-state index >= 15 is 0 Å². The molecule has 10 atom stereocenters. The fourth-order valence-electron chi connectivity index (χ4n) is 14.4. The van der Waals surface area contributed by atoms with Crippen LogP contribution in [0.25, 0.3) is 0 Å². The molecule has 6 bridgehead atoms. The molecule has 0 heterocycles. The van der Waals surface area contributed by atoms with Crippen molar-refractivity contribution in [2.45, 2.75) is 244 Å². The van der Waals surface area contributed by atoms with E-state index in [-0.39, 0.29) is 18.3 Å². The number of hydrogen-bond acceptors (Lipinski definition) is 21. The highest BCUT2D eigenvalue weighted by atomic mass is 33.7. The molecule has 0 amide bonds. The quantitative estimate of drug-likeness (QED) is 0.0258. The zero-order chi connectivity index (χ0) is 53.3. The fourth-order valence-corrected chi connectivity index (χ4v) is 56.0. The van der Waals surface area contributed by atoms with Crippen molar-refractivity contribution in [3.05, 3.63) is 0 Å². The van der Waals surface area contributed by atoms with Gasteiger partial charge in [0.1, 0.15) is 0 Å². The third kappa shape index (κ3) is 16.4. The molecule has 0 aromatic heterocycles. The van der Waals surface area contributed by atoms with Crippen molar-refractivity contribution in [1.29, 1.82) is 0 Å². The van der Waals surface area contributed by atoms with Crippen molar-refractivity contribution in [2.75, 3.05) is 59.5 Å². The van der Waals surface area contributed by atoms with Crippen LogP contribution in [-0.4, -0.2) is 109 Å². The molecule has 0 aromatic carbocycles. The molecule has 7 fully saturated rings. The first kappa shape index (κ1) is 67.0. The van der Waals surface area contributed by atoms with Crippen LogP contribution in [0, 0.1) is 17.8 Å². The smallest absolute Gasteiger partial charge is 0.374 e. The molecule has 0 N–H and O–H groups in total. The molecule has 24 heteroatoms. The molecular weight excluding hydrogens is 1230 g/mol. The summed E-state index contributed by atoms with van der Waals surface area (Å²) in [5.74, 6) is 2.23. The Kier molecular flexibility index (Phi) is 29.5. The zero-order valence-electron chi connectivity index (χ0n) is 47.0. The molecule has 7 rings (SSSR count). The summed E-state index contributed by atoms with van der Waals surface area (Å²) < 4.78 is 60.6. The molecule has 7 saturated carbocycles. The van der Waals surface area contributed by atoms with E-state index in [0.717, 1.165) is 17.8 Å². The summed E-state index contributed by atoms with van der Waals surface area (Å²) in [6.07, 6.45) is 28.2. The first-order chi connectivity index (χ1) is 36.5. The Bertz CT molecular complexity index is 1550. The van der Waals surface area contributed by atoms with Gasteiger partial charge in [-0.05, 0) is 229 Å². The van der Waals surface area contributed by atoms with Crippen molar-refractivity contribution in [2.24, 2.45) is 17.8 Å². The molecule has 9 nitrogen and oxygen atoms in total. The fraction of sp³-hybridized carbons (Fsp3) is 1.00. The molecule has 0 aliphatic heterocycles. The van der Waals surface area contributed by atoms with Crippen molar-refractivity contribution >= 4 is 150 Å². The molecule has 75 heavy (non-hydrogen) atoms. The van der Waals surface area contributed by atoms with Gasteiger partial charge in [-0.1, -0.05) is 116 Å². The van der Waals surface area contributed by atoms with Crippen molar-refractivity contribution < 1.29 is 39.8 Å². The lowest BCUT2D eigenvalue weighted by atomic mass is 9.99. The third-order valence-corrected chi connectivity index (χ3v) is 53.4. The van der Waals surface area contributed by atoms with Crippen LogP contribution < -0.4 is 0 Å². The summed E-state index contributed by atoms with van der Waals surface area (Å²) in [7, 11) is 17.0. The molecular formula is C51H96O9S12Si3. The van der Waals surface area contributed by atoms with Crippen molar-refractivity contribution in [1.82, 2.24) is 0 Å². The second-order valence-corrected chi connectivity index (χ2v) is 49.4. The summed E-state index contributed by atoms with van der Waals surface area (Å²) in [6, 6.07) is 0. The lowest BCUT2D eigenvalue weighted by molar-refractivity contribution is 0.0553. The first-order valence-corrected chi connectivity index (χ1v) is 49.3. The van der Waals surface area contributed by atoms with E-state index in [1.165, 1.54) is 141 Å². The minimum atomic E-state index is -2.88. The number of rotatable bonds is 36. The van der Waals surface area contributed by atoms with Gasteiger partial charge in [0, 0.05) is 95.6 Å². The van der Waals surface area contributed by atoms with Gasteiger partial charge >= 0.3 is 26.4 Å². The van der Waals surface area contributed by atoms with Crippen LogP contribution in [0.3, 0.4) is 0 Å². The van der Waals surface area contributed by atoms with Crippen LogP contribution in [-0.2, 0) is 39.8 Å². The first-order valence-electron chi connectivity index (χ1n) is 29.4. The molecule has 10 unspecified atom stereocenters. The van der Waals surface area contributed by atoms with Gasteiger partial charge in [-0.2, -0.15) is 0 Å². The molecule has 0 radical (unpaired) electrons. The van der Waals surface area contributed by atoms with E-state index in [4.69, 9.17) is 39.8 Å². The van der Waals surface area contributed by atoms with E-state index in [1.54, 1.807) is 0 Å². The van der Waals surface area contributed by atoms with Crippen LogP contribution in [0.1, 0.15) is 204 Å². The topological polar surface area (TPSA) is 83.1 Å². The van der Waals surface area contributed by atoms with Gasteiger partial charge in [0.15, 0.2) is 0 Å². The van der Waals surface area contributed by atoms with Gasteiger partial charge in [0.25, 0.3) is 0 Å². The van der Waals surface area contributed by atoms with Gasteiger partial charge in [0.05, 0.1) is 4.08 Å². The second kappa shape index (κ2) is 33.0. The second-order valence-electron chi connectivity index (χ2n) is 21.7. The lowest BCUT2D eigenvalue weighted by Crippen LogP contribution is -2.55.